The van der Waals surface area contributed by atoms with Crippen LogP contribution in [0.1, 0.15) is 36.6 Å². The summed E-state index contributed by atoms with van der Waals surface area (Å²) in [4.78, 5) is 4.25. The van der Waals surface area contributed by atoms with Gasteiger partial charge < -0.3 is 5.11 Å². The standard InChI is InChI=1S/C11H16ClNO/c1-3-4-5-10-9(7-14)8(2)6-11(12)13-10/h6,14H,3-5,7H2,1-2H3. The van der Waals surface area contributed by atoms with Gasteiger partial charge in [-0.15, -0.1) is 0 Å². The number of aliphatic hydroxyl groups excluding tert-OH is 1. The van der Waals surface area contributed by atoms with Crippen LogP contribution in [0.4, 0.5) is 0 Å². The van der Waals surface area contributed by atoms with Crippen LogP contribution < -0.4 is 0 Å². The van der Waals surface area contributed by atoms with Gasteiger partial charge in [-0.1, -0.05) is 24.9 Å². The van der Waals surface area contributed by atoms with E-state index in [9.17, 15) is 5.11 Å². The van der Waals surface area contributed by atoms with Gasteiger partial charge in [-0.05, 0) is 31.4 Å². The summed E-state index contributed by atoms with van der Waals surface area (Å²) in [5, 5.41) is 9.73. The molecule has 0 aliphatic rings. The largest absolute Gasteiger partial charge is 0.392 e. The monoisotopic (exact) mass is 213 g/mol. The molecule has 14 heavy (non-hydrogen) atoms. The summed E-state index contributed by atoms with van der Waals surface area (Å²) >= 11 is 5.87. The number of hydrogen-bond acceptors (Lipinski definition) is 2. The van der Waals surface area contributed by atoms with Crippen molar-refractivity contribution in [2.24, 2.45) is 0 Å². The van der Waals surface area contributed by atoms with E-state index in [0.29, 0.717) is 5.15 Å². The lowest BCUT2D eigenvalue weighted by molar-refractivity contribution is 0.279. The third kappa shape index (κ3) is 2.69. The summed E-state index contributed by atoms with van der Waals surface area (Å²) in [6, 6.07) is 1.79. The van der Waals surface area contributed by atoms with E-state index in [1.165, 1.54) is 0 Å². The number of unbranched alkanes of at least 4 members (excludes halogenated alkanes) is 1. The lowest BCUT2D eigenvalue weighted by Gasteiger charge is -2.09. The summed E-state index contributed by atoms with van der Waals surface area (Å²) in [5.41, 5.74) is 2.90. The average Bonchev–Trinajstić information content (AvgIpc) is 2.14. The number of aromatic nitrogens is 1. The minimum absolute atomic E-state index is 0.0506. The van der Waals surface area contributed by atoms with Crippen molar-refractivity contribution in [3.63, 3.8) is 0 Å². The van der Waals surface area contributed by atoms with E-state index in [2.05, 4.69) is 11.9 Å². The van der Waals surface area contributed by atoms with Crippen molar-refractivity contribution in [1.82, 2.24) is 4.98 Å². The molecule has 0 radical (unpaired) electrons. The van der Waals surface area contributed by atoms with Gasteiger partial charge in [0.2, 0.25) is 0 Å². The molecule has 2 nitrogen and oxygen atoms in total. The van der Waals surface area contributed by atoms with Crippen LogP contribution in [0.25, 0.3) is 0 Å². The molecule has 0 atom stereocenters. The molecule has 78 valence electrons. The minimum atomic E-state index is 0.0506. The van der Waals surface area contributed by atoms with E-state index in [1.54, 1.807) is 6.07 Å². The Morgan fingerprint density at radius 2 is 2.21 bits per heavy atom. The lowest BCUT2D eigenvalue weighted by Crippen LogP contribution is -2.01. The molecule has 1 rings (SSSR count). The fraction of sp³-hybridized carbons (Fsp3) is 0.545. The molecule has 0 fully saturated rings. The molecule has 0 bridgehead atoms. The predicted octanol–water partition coefficient (Wildman–Crippen LogP) is 2.88. The van der Waals surface area contributed by atoms with Crippen molar-refractivity contribution in [2.75, 3.05) is 0 Å². The van der Waals surface area contributed by atoms with E-state index < -0.39 is 0 Å². The van der Waals surface area contributed by atoms with Gasteiger partial charge in [-0.3, -0.25) is 0 Å². The summed E-state index contributed by atoms with van der Waals surface area (Å²) < 4.78 is 0. The molecule has 1 N–H and O–H groups in total. The van der Waals surface area contributed by atoms with Crippen LogP contribution in [0.15, 0.2) is 6.07 Å². The quantitative estimate of drug-likeness (QED) is 0.781. The molecule has 1 aromatic heterocycles. The van der Waals surface area contributed by atoms with Crippen molar-refractivity contribution < 1.29 is 5.11 Å². The molecule has 1 heterocycles. The highest BCUT2D eigenvalue weighted by Gasteiger charge is 2.07. The molecule has 0 spiro atoms. The van der Waals surface area contributed by atoms with Crippen LogP contribution in [-0.4, -0.2) is 10.1 Å². The second-order valence-electron chi connectivity index (χ2n) is 3.45. The normalized spacial score (nSPS) is 10.6. The van der Waals surface area contributed by atoms with Gasteiger partial charge in [0.05, 0.1) is 6.61 Å². The zero-order chi connectivity index (χ0) is 10.6. The third-order valence-corrected chi connectivity index (χ3v) is 2.52. The van der Waals surface area contributed by atoms with Gasteiger partial charge in [-0.25, -0.2) is 4.98 Å². The van der Waals surface area contributed by atoms with E-state index >= 15 is 0 Å². The van der Waals surface area contributed by atoms with Gasteiger partial charge in [0.25, 0.3) is 0 Å². The summed E-state index contributed by atoms with van der Waals surface area (Å²) in [6.45, 7) is 4.14. The Kier molecular flexibility index (Phi) is 4.36. The SMILES string of the molecule is CCCCc1nc(Cl)cc(C)c1CO. The molecule has 0 aromatic carbocycles. The molecule has 0 aliphatic carbocycles. The number of rotatable bonds is 4. The van der Waals surface area contributed by atoms with Crippen LogP contribution in [0, 0.1) is 6.92 Å². The van der Waals surface area contributed by atoms with Gasteiger partial charge in [0.15, 0.2) is 0 Å². The van der Waals surface area contributed by atoms with Crippen molar-refractivity contribution >= 4 is 11.6 Å². The molecule has 3 heteroatoms. The third-order valence-electron chi connectivity index (χ3n) is 2.33. The zero-order valence-electron chi connectivity index (χ0n) is 8.68. The van der Waals surface area contributed by atoms with Crippen LogP contribution in [0.5, 0.6) is 0 Å². The lowest BCUT2D eigenvalue weighted by atomic mass is 10.0. The number of halogens is 1. The van der Waals surface area contributed by atoms with E-state index in [0.717, 1.165) is 36.1 Å². The molecule has 0 aliphatic heterocycles. The fourth-order valence-corrected chi connectivity index (χ4v) is 1.75. The summed E-state index contributed by atoms with van der Waals surface area (Å²) in [5.74, 6) is 0. The first kappa shape index (κ1) is 11.5. The van der Waals surface area contributed by atoms with Crippen LogP contribution in [0.3, 0.4) is 0 Å². The average molecular weight is 214 g/mol. The van der Waals surface area contributed by atoms with Crippen molar-refractivity contribution in [3.8, 4) is 0 Å². The zero-order valence-corrected chi connectivity index (χ0v) is 9.43. The summed E-state index contributed by atoms with van der Waals surface area (Å²) in [7, 11) is 0. The Hall–Kier alpha value is -0.600. The molecular weight excluding hydrogens is 198 g/mol. The molecule has 0 unspecified atom stereocenters. The van der Waals surface area contributed by atoms with Crippen molar-refractivity contribution in [3.05, 3.63) is 28.0 Å². The molecular formula is C11H16ClNO. The maximum absolute atomic E-state index is 9.21. The van der Waals surface area contributed by atoms with Crippen LogP contribution in [0.2, 0.25) is 5.15 Å². The predicted molar refractivity (Wildman–Crippen MR) is 58.5 cm³/mol. The van der Waals surface area contributed by atoms with Gasteiger partial charge >= 0.3 is 0 Å². The Balaban J connectivity index is 2.99. The fourth-order valence-electron chi connectivity index (χ4n) is 1.49. The van der Waals surface area contributed by atoms with E-state index in [4.69, 9.17) is 11.6 Å². The molecule has 0 amide bonds. The highest BCUT2D eigenvalue weighted by molar-refractivity contribution is 6.29. The minimum Gasteiger partial charge on any atom is -0.392 e. The molecule has 1 aromatic rings. The van der Waals surface area contributed by atoms with Crippen LogP contribution in [-0.2, 0) is 13.0 Å². The van der Waals surface area contributed by atoms with E-state index in [1.807, 2.05) is 6.92 Å². The maximum atomic E-state index is 9.21. The van der Waals surface area contributed by atoms with Gasteiger partial charge in [-0.2, -0.15) is 0 Å². The van der Waals surface area contributed by atoms with Gasteiger partial charge in [0.1, 0.15) is 5.15 Å². The second kappa shape index (κ2) is 5.32. The molecule has 0 saturated heterocycles. The number of aryl methyl sites for hydroxylation is 2. The first-order valence-corrected chi connectivity index (χ1v) is 5.32. The number of aliphatic hydroxyl groups is 1. The summed E-state index contributed by atoms with van der Waals surface area (Å²) in [6.07, 6.45) is 3.10. The Morgan fingerprint density at radius 1 is 1.50 bits per heavy atom. The second-order valence-corrected chi connectivity index (χ2v) is 3.84. The Labute approximate surface area is 89.9 Å². The topological polar surface area (TPSA) is 33.1 Å². The number of pyridine rings is 1. The number of hydrogen-bond donors (Lipinski definition) is 1. The Morgan fingerprint density at radius 3 is 2.79 bits per heavy atom. The van der Waals surface area contributed by atoms with E-state index in [-0.39, 0.29) is 6.61 Å². The Bertz CT molecular complexity index is 312. The van der Waals surface area contributed by atoms with Crippen LogP contribution >= 0.6 is 11.6 Å². The van der Waals surface area contributed by atoms with Crippen molar-refractivity contribution in [2.45, 2.75) is 39.7 Å². The maximum Gasteiger partial charge on any atom is 0.129 e. The first-order chi connectivity index (χ1) is 6.69. The number of nitrogens with zero attached hydrogens (tertiary/aromatic N) is 1. The smallest absolute Gasteiger partial charge is 0.129 e. The van der Waals surface area contributed by atoms with Crippen molar-refractivity contribution in [1.29, 1.82) is 0 Å². The highest BCUT2D eigenvalue weighted by atomic mass is 35.5. The van der Waals surface area contributed by atoms with Gasteiger partial charge in [0, 0.05) is 11.3 Å². The first-order valence-electron chi connectivity index (χ1n) is 4.94. The highest BCUT2D eigenvalue weighted by Crippen LogP contribution is 2.18. The molecule has 0 saturated carbocycles.